The molecule has 1 aromatic carbocycles. The minimum atomic E-state index is -3.76. The van der Waals surface area contributed by atoms with Gasteiger partial charge in [0.25, 0.3) is 5.91 Å². The van der Waals surface area contributed by atoms with Crippen LogP contribution in [0.3, 0.4) is 0 Å². The molecule has 3 aromatic rings. The molecule has 2 amide bonds. The maximum atomic E-state index is 12.0. The highest BCUT2D eigenvalue weighted by Gasteiger charge is 2.16. The van der Waals surface area contributed by atoms with Gasteiger partial charge in [0.05, 0.1) is 0 Å². The monoisotopic (exact) mass is 415 g/mol. The molecule has 0 aliphatic heterocycles. The molecular weight excluding hydrogens is 398 g/mol. The van der Waals surface area contributed by atoms with Gasteiger partial charge in [0.1, 0.15) is 4.90 Å². The molecule has 0 saturated heterocycles. The van der Waals surface area contributed by atoms with Crippen molar-refractivity contribution >= 4 is 21.8 Å². The van der Waals surface area contributed by atoms with Crippen LogP contribution >= 0.6 is 0 Å². The number of carbonyl (C=O) groups excluding carboxylic acids is 2. The first-order valence-corrected chi connectivity index (χ1v) is 9.95. The lowest BCUT2D eigenvalue weighted by Gasteiger charge is -2.07. The summed E-state index contributed by atoms with van der Waals surface area (Å²) in [5.74, 6) is -0.842. The van der Waals surface area contributed by atoms with Crippen molar-refractivity contribution in [1.29, 1.82) is 0 Å². The van der Waals surface area contributed by atoms with Gasteiger partial charge in [-0.25, -0.2) is 13.1 Å². The number of benzene rings is 1. The third-order valence-corrected chi connectivity index (χ3v) is 5.15. The van der Waals surface area contributed by atoms with E-state index in [9.17, 15) is 18.0 Å². The summed E-state index contributed by atoms with van der Waals surface area (Å²) in [5.41, 5.74) is 5.12. The average molecular weight is 415 g/mol. The summed E-state index contributed by atoms with van der Waals surface area (Å²) in [4.78, 5) is 27.6. The van der Waals surface area contributed by atoms with E-state index in [1.807, 2.05) is 18.2 Å². The summed E-state index contributed by atoms with van der Waals surface area (Å²) in [7, 11) is -3.76. The third kappa shape index (κ3) is 5.46. The van der Waals surface area contributed by atoms with Gasteiger partial charge in [0.15, 0.2) is 11.5 Å². The fourth-order valence-corrected chi connectivity index (χ4v) is 3.26. The van der Waals surface area contributed by atoms with Gasteiger partial charge in [-0.3, -0.25) is 25.4 Å². The first-order valence-electron chi connectivity index (χ1n) is 8.47. The number of carbonyl (C=O) groups is 2. The second-order valence-corrected chi connectivity index (χ2v) is 7.55. The van der Waals surface area contributed by atoms with Crippen LogP contribution in [0.25, 0.3) is 11.3 Å². The number of rotatable bonds is 7. The molecule has 0 spiro atoms. The molecule has 0 saturated carbocycles. The predicted octanol–water partition coefficient (Wildman–Crippen LogP) is 0.866. The zero-order valence-corrected chi connectivity index (χ0v) is 15.8. The molecule has 0 bridgehead atoms. The predicted molar refractivity (Wildman–Crippen MR) is 102 cm³/mol. The van der Waals surface area contributed by atoms with E-state index in [1.165, 1.54) is 30.6 Å². The first kappa shape index (κ1) is 20.2. The molecule has 150 valence electrons. The molecule has 0 fully saturated rings. The van der Waals surface area contributed by atoms with Crippen LogP contribution in [-0.2, 0) is 14.8 Å². The van der Waals surface area contributed by atoms with Crippen molar-refractivity contribution in [2.24, 2.45) is 0 Å². The highest BCUT2D eigenvalue weighted by molar-refractivity contribution is 7.89. The average Bonchev–Trinajstić information content (AvgIpc) is 3.24. The van der Waals surface area contributed by atoms with Crippen LogP contribution in [-0.4, -0.2) is 36.9 Å². The van der Waals surface area contributed by atoms with Crippen LogP contribution in [0.5, 0.6) is 0 Å². The maximum absolute atomic E-state index is 12.0. The van der Waals surface area contributed by atoms with E-state index in [-0.39, 0.29) is 23.6 Å². The van der Waals surface area contributed by atoms with Gasteiger partial charge >= 0.3 is 0 Å². The van der Waals surface area contributed by atoms with Crippen molar-refractivity contribution in [3.63, 3.8) is 0 Å². The molecule has 29 heavy (non-hydrogen) atoms. The molecule has 11 heteroatoms. The van der Waals surface area contributed by atoms with Crippen LogP contribution in [0.15, 0.2) is 70.3 Å². The second-order valence-electron chi connectivity index (χ2n) is 5.78. The molecule has 2 aromatic heterocycles. The smallest absolute Gasteiger partial charge is 0.291 e. The van der Waals surface area contributed by atoms with Gasteiger partial charge in [-0.05, 0) is 12.1 Å². The Bertz CT molecular complexity index is 1080. The molecular formula is C18H17N5O5S. The minimum absolute atomic E-state index is 0.00559. The Kier molecular flexibility index (Phi) is 6.32. The topological polar surface area (TPSA) is 143 Å². The van der Waals surface area contributed by atoms with E-state index in [2.05, 4.69) is 25.7 Å². The highest BCUT2D eigenvalue weighted by atomic mass is 32.2. The van der Waals surface area contributed by atoms with Gasteiger partial charge in [-0.15, -0.1) is 0 Å². The number of hydrazine groups is 1. The number of amides is 2. The van der Waals surface area contributed by atoms with Crippen LogP contribution in [0.1, 0.15) is 16.9 Å². The van der Waals surface area contributed by atoms with Crippen molar-refractivity contribution in [2.45, 2.75) is 11.3 Å². The van der Waals surface area contributed by atoms with Crippen LogP contribution in [0.4, 0.5) is 0 Å². The first-order chi connectivity index (χ1) is 14.0. The standard InChI is InChI=1S/C18H17N5O5S/c24-17(8-10-20-29(26,27)14-7-4-9-19-12-14)21-22-18(25)15-11-16(28-23-15)13-5-2-1-3-6-13/h1-7,9,11-12,20H,8,10H2,(H,21,24)(H,22,25). The summed E-state index contributed by atoms with van der Waals surface area (Å²) in [6.07, 6.45) is 2.46. The Morgan fingerprint density at radius 1 is 1.03 bits per heavy atom. The highest BCUT2D eigenvalue weighted by Crippen LogP contribution is 2.19. The molecule has 0 radical (unpaired) electrons. The number of nitrogens with zero attached hydrogens (tertiary/aromatic N) is 2. The fourth-order valence-electron chi connectivity index (χ4n) is 2.26. The van der Waals surface area contributed by atoms with Gasteiger partial charge in [-0.2, -0.15) is 0 Å². The molecule has 0 atom stereocenters. The molecule has 2 heterocycles. The summed E-state index contributed by atoms with van der Waals surface area (Å²) in [6.45, 7) is -0.152. The summed E-state index contributed by atoms with van der Waals surface area (Å²) in [5, 5.41) is 3.66. The van der Waals surface area contributed by atoms with E-state index < -0.39 is 21.8 Å². The third-order valence-electron chi connectivity index (χ3n) is 3.71. The minimum Gasteiger partial charge on any atom is -0.355 e. The van der Waals surface area contributed by atoms with E-state index in [0.717, 1.165) is 5.56 Å². The number of nitrogens with one attached hydrogen (secondary N) is 3. The van der Waals surface area contributed by atoms with Gasteiger partial charge in [0.2, 0.25) is 15.9 Å². The van der Waals surface area contributed by atoms with E-state index in [0.29, 0.717) is 5.76 Å². The summed E-state index contributed by atoms with van der Waals surface area (Å²) >= 11 is 0. The van der Waals surface area contributed by atoms with E-state index in [1.54, 1.807) is 12.1 Å². The number of sulfonamides is 1. The lowest BCUT2D eigenvalue weighted by Crippen LogP contribution is -2.42. The normalized spacial score (nSPS) is 11.0. The van der Waals surface area contributed by atoms with Gasteiger partial charge in [0, 0.05) is 37.0 Å². The Hall–Kier alpha value is -3.57. The van der Waals surface area contributed by atoms with Crippen molar-refractivity contribution < 1.29 is 22.5 Å². The Morgan fingerprint density at radius 3 is 2.55 bits per heavy atom. The quantitative estimate of drug-likeness (QED) is 0.486. The summed E-state index contributed by atoms with van der Waals surface area (Å²) < 4.78 is 31.4. The number of hydrogen-bond acceptors (Lipinski definition) is 7. The van der Waals surface area contributed by atoms with Crippen LogP contribution in [0, 0.1) is 0 Å². The van der Waals surface area contributed by atoms with Crippen LogP contribution < -0.4 is 15.6 Å². The van der Waals surface area contributed by atoms with E-state index >= 15 is 0 Å². The molecule has 3 N–H and O–H groups in total. The second kappa shape index (κ2) is 9.08. The number of aromatic nitrogens is 2. The van der Waals surface area contributed by atoms with E-state index in [4.69, 9.17) is 4.52 Å². The SMILES string of the molecule is O=C(CCNS(=O)(=O)c1cccnc1)NNC(=O)c1cc(-c2ccccc2)on1. The van der Waals surface area contributed by atoms with Gasteiger partial charge in [-0.1, -0.05) is 35.5 Å². The number of pyridine rings is 1. The Labute approximate surface area is 166 Å². The van der Waals surface area contributed by atoms with Crippen molar-refractivity contribution in [2.75, 3.05) is 6.54 Å². The fraction of sp³-hybridized carbons (Fsp3) is 0.111. The zero-order chi connectivity index (χ0) is 20.7. The largest absolute Gasteiger partial charge is 0.355 e. The van der Waals surface area contributed by atoms with Crippen molar-refractivity contribution in [1.82, 2.24) is 25.7 Å². The molecule has 0 aliphatic carbocycles. The molecule has 0 unspecified atom stereocenters. The molecule has 10 nitrogen and oxygen atoms in total. The Morgan fingerprint density at radius 2 is 1.83 bits per heavy atom. The lowest BCUT2D eigenvalue weighted by atomic mass is 10.1. The molecule has 0 aliphatic rings. The Balaban J connectivity index is 1.45. The number of hydrogen-bond donors (Lipinski definition) is 3. The maximum Gasteiger partial charge on any atom is 0.291 e. The summed E-state index contributed by atoms with van der Waals surface area (Å²) in [6, 6.07) is 13.4. The van der Waals surface area contributed by atoms with Crippen molar-refractivity contribution in [3.8, 4) is 11.3 Å². The van der Waals surface area contributed by atoms with Gasteiger partial charge < -0.3 is 4.52 Å². The zero-order valence-electron chi connectivity index (χ0n) is 15.0. The van der Waals surface area contributed by atoms with Crippen LogP contribution in [0.2, 0.25) is 0 Å². The van der Waals surface area contributed by atoms with Crippen molar-refractivity contribution in [3.05, 3.63) is 66.6 Å². The lowest BCUT2D eigenvalue weighted by molar-refractivity contribution is -0.121. The molecule has 3 rings (SSSR count).